The molecule has 1 rings (SSSR count). The van der Waals surface area contributed by atoms with E-state index in [0.717, 1.165) is 5.71 Å². The Morgan fingerprint density at radius 1 is 1.83 bits per heavy atom. The van der Waals surface area contributed by atoms with Gasteiger partial charge in [0.1, 0.15) is 13.2 Å². The van der Waals surface area contributed by atoms with E-state index in [4.69, 9.17) is 5.11 Å². The van der Waals surface area contributed by atoms with Crippen LogP contribution < -0.4 is 0 Å². The molecule has 0 aromatic heterocycles. The predicted octanol–water partition coefficient (Wildman–Crippen LogP) is -0.223. The van der Waals surface area contributed by atoms with Crippen molar-refractivity contribution in [3.63, 3.8) is 0 Å². The number of likely N-dealkylation sites (N-methyl/N-ethyl adjacent to an activating group) is 1. The minimum Gasteiger partial charge on any atom is -0.480 e. The van der Waals surface area contributed by atoms with Gasteiger partial charge in [-0.25, -0.2) is 0 Å². The SMILES string of the molecule is CO/N=C1\C[C@@H](C(=O)O)N(C)C1. The zero-order valence-corrected chi connectivity index (χ0v) is 7.15. The van der Waals surface area contributed by atoms with Crippen molar-refractivity contribution in [2.45, 2.75) is 12.5 Å². The molecule has 1 aliphatic rings. The first-order valence-electron chi connectivity index (χ1n) is 3.67. The smallest absolute Gasteiger partial charge is 0.321 e. The maximum atomic E-state index is 10.6. The van der Waals surface area contributed by atoms with Crippen molar-refractivity contribution in [3.05, 3.63) is 0 Å². The van der Waals surface area contributed by atoms with Crippen LogP contribution in [0.5, 0.6) is 0 Å². The Labute approximate surface area is 70.6 Å². The van der Waals surface area contributed by atoms with Crippen molar-refractivity contribution < 1.29 is 14.7 Å². The lowest BCUT2D eigenvalue weighted by Crippen LogP contribution is -2.32. The molecule has 1 N–H and O–H groups in total. The van der Waals surface area contributed by atoms with Gasteiger partial charge in [-0.05, 0) is 7.05 Å². The third-order valence-electron chi connectivity index (χ3n) is 1.90. The van der Waals surface area contributed by atoms with Crippen LogP contribution in [-0.2, 0) is 9.63 Å². The molecule has 68 valence electrons. The summed E-state index contributed by atoms with van der Waals surface area (Å²) in [5, 5.41) is 12.5. The highest BCUT2D eigenvalue weighted by molar-refractivity contribution is 5.93. The van der Waals surface area contributed by atoms with Crippen LogP contribution in [-0.4, -0.2) is 48.4 Å². The Morgan fingerprint density at radius 2 is 2.50 bits per heavy atom. The summed E-state index contributed by atoms with van der Waals surface area (Å²) >= 11 is 0. The van der Waals surface area contributed by atoms with E-state index < -0.39 is 12.0 Å². The van der Waals surface area contributed by atoms with Crippen LogP contribution >= 0.6 is 0 Å². The van der Waals surface area contributed by atoms with Crippen LogP contribution in [0.2, 0.25) is 0 Å². The van der Waals surface area contributed by atoms with Gasteiger partial charge < -0.3 is 9.94 Å². The van der Waals surface area contributed by atoms with Crippen LogP contribution in [0.4, 0.5) is 0 Å². The highest BCUT2D eigenvalue weighted by atomic mass is 16.6. The summed E-state index contributed by atoms with van der Waals surface area (Å²) in [7, 11) is 3.22. The Bertz CT molecular complexity index is 215. The number of hydrogen-bond donors (Lipinski definition) is 1. The number of carboxylic acids is 1. The molecule has 0 aromatic rings. The van der Waals surface area contributed by atoms with Crippen LogP contribution in [0.3, 0.4) is 0 Å². The number of carboxylic acid groups (broad SMARTS) is 1. The molecule has 0 spiro atoms. The largest absolute Gasteiger partial charge is 0.480 e. The Balaban J connectivity index is 2.62. The molecule has 0 aliphatic carbocycles. The second kappa shape index (κ2) is 3.53. The second-order valence-corrected chi connectivity index (χ2v) is 2.81. The number of rotatable bonds is 2. The molecule has 0 bridgehead atoms. The van der Waals surface area contributed by atoms with Crippen LogP contribution in [0.25, 0.3) is 0 Å². The molecule has 5 nitrogen and oxygen atoms in total. The van der Waals surface area contributed by atoms with Gasteiger partial charge in [0.2, 0.25) is 0 Å². The first kappa shape index (κ1) is 8.99. The molecule has 1 aliphatic heterocycles. The van der Waals surface area contributed by atoms with Gasteiger partial charge >= 0.3 is 5.97 Å². The van der Waals surface area contributed by atoms with E-state index in [2.05, 4.69) is 9.99 Å². The van der Waals surface area contributed by atoms with Crippen molar-refractivity contribution in [1.82, 2.24) is 4.90 Å². The minimum atomic E-state index is -0.807. The molecular weight excluding hydrogens is 160 g/mol. The summed E-state index contributed by atoms with van der Waals surface area (Å²) in [5.74, 6) is -0.807. The molecule has 0 aromatic carbocycles. The van der Waals surface area contributed by atoms with Crippen molar-refractivity contribution in [1.29, 1.82) is 0 Å². The summed E-state index contributed by atoms with van der Waals surface area (Å²) in [6, 6.07) is -0.445. The van der Waals surface area contributed by atoms with E-state index in [1.54, 1.807) is 11.9 Å². The summed E-state index contributed by atoms with van der Waals surface area (Å²) in [6.07, 6.45) is 0.458. The lowest BCUT2D eigenvalue weighted by atomic mass is 10.2. The van der Waals surface area contributed by atoms with Gasteiger partial charge in [0.05, 0.1) is 5.71 Å². The number of likely N-dealkylation sites (tertiary alicyclic amines) is 1. The van der Waals surface area contributed by atoms with E-state index in [1.807, 2.05) is 0 Å². The average molecular weight is 172 g/mol. The maximum Gasteiger partial charge on any atom is 0.321 e. The van der Waals surface area contributed by atoms with Gasteiger partial charge in [0.25, 0.3) is 0 Å². The number of carbonyl (C=O) groups is 1. The zero-order valence-electron chi connectivity index (χ0n) is 7.15. The van der Waals surface area contributed by atoms with Crippen molar-refractivity contribution in [2.75, 3.05) is 20.7 Å². The highest BCUT2D eigenvalue weighted by Crippen LogP contribution is 2.13. The molecule has 1 fully saturated rings. The van der Waals surface area contributed by atoms with Crippen LogP contribution in [0.1, 0.15) is 6.42 Å². The monoisotopic (exact) mass is 172 g/mol. The molecule has 1 heterocycles. The maximum absolute atomic E-state index is 10.6. The van der Waals surface area contributed by atoms with E-state index in [-0.39, 0.29) is 0 Å². The van der Waals surface area contributed by atoms with E-state index in [1.165, 1.54) is 7.11 Å². The Hall–Kier alpha value is -1.10. The Kier molecular flexibility index (Phi) is 2.65. The van der Waals surface area contributed by atoms with Gasteiger partial charge in [0.15, 0.2) is 0 Å². The highest BCUT2D eigenvalue weighted by Gasteiger charge is 2.31. The summed E-state index contributed by atoms with van der Waals surface area (Å²) in [4.78, 5) is 16.9. The summed E-state index contributed by atoms with van der Waals surface area (Å²) in [5.41, 5.74) is 0.785. The lowest BCUT2D eigenvalue weighted by molar-refractivity contribution is -0.141. The fourth-order valence-corrected chi connectivity index (χ4v) is 1.31. The van der Waals surface area contributed by atoms with Crippen molar-refractivity contribution in [3.8, 4) is 0 Å². The van der Waals surface area contributed by atoms with Gasteiger partial charge in [-0.2, -0.15) is 0 Å². The van der Waals surface area contributed by atoms with Crippen LogP contribution in [0.15, 0.2) is 5.16 Å². The number of oxime groups is 1. The second-order valence-electron chi connectivity index (χ2n) is 2.81. The topological polar surface area (TPSA) is 62.1 Å². The molecular formula is C7H12N2O3. The number of hydrogen-bond acceptors (Lipinski definition) is 4. The quantitative estimate of drug-likeness (QED) is 0.585. The molecule has 0 radical (unpaired) electrons. The lowest BCUT2D eigenvalue weighted by Gasteiger charge is -2.12. The first-order valence-corrected chi connectivity index (χ1v) is 3.67. The predicted molar refractivity (Wildman–Crippen MR) is 43.1 cm³/mol. The average Bonchev–Trinajstić information content (AvgIpc) is 2.32. The molecule has 0 amide bonds. The summed E-state index contributed by atoms with van der Waals surface area (Å²) < 4.78 is 0. The number of nitrogens with zero attached hydrogens (tertiary/aromatic N) is 2. The van der Waals surface area contributed by atoms with Crippen LogP contribution in [0, 0.1) is 0 Å². The fraction of sp³-hybridized carbons (Fsp3) is 0.714. The zero-order chi connectivity index (χ0) is 9.14. The van der Waals surface area contributed by atoms with Gasteiger partial charge in [-0.15, -0.1) is 0 Å². The molecule has 0 unspecified atom stereocenters. The molecule has 1 atom stereocenters. The standard InChI is InChI=1S/C7H12N2O3/c1-9-4-5(8-12-2)3-6(9)7(10)11/h6H,3-4H2,1-2H3,(H,10,11)/b8-5+/t6-/m0/s1. The molecule has 5 heteroatoms. The first-order chi connectivity index (χ1) is 5.65. The number of aliphatic carboxylic acids is 1. The van der Waals surface area contributed by atoms with Gasteiger partial charge in [0, 0.05) is 13.0 Å². The normalized spacial score (nSPS) is 27.8. The fourth-order valence-electron chi connectivity index (χ4n) is 1.31. The third kappa shape index (κ3) is 1.73. The summed E-state index contributed by atoms with van der Waals surface area (Å²) in [6.45, 7) is 0.574. The van der Waals surface area contributed by atoms with Gasteiger partial charge in [-0.3, -0.25) is 9.69 Å². The van der Waals surface area contributed by atoms with E-state index in [9.17, 15) is 4.79 Å². The van der Waals surface area contributed by atoms with Gasteiger partial charge in [-0.1, -0.05) is 5.16 Å². The molecule has 1 saturated heterocycles. The minimum absolute atomic E-state index is 0.445. The van der Waals surface area contributed by atoms with Crippen molar-refractivity contribution in [2.24, 2.45) is 5.16 Å². The van der Waals surface area contributed by atoms with Crippen molar-refractivity contribution >= 4 is 11.7 Å². The van der Waals surface area contributed by atoms with E-state index in [0.29, 0.717) is 13.0 Å². The molecule has 12 heavy (non-hydrogen) atoms. The van der Waals surface area contributed by atoms with E-state index >= 15 is 0 Å². The third-order valence-corrected chi connectivity index (χ3v) is 1.90. The Morgan fingerprint density at radius 3 is 2.92 bits per heavy atom. The molecule has 0 saturated carbocycles.